The van der Waals surface area contributed by atoms with Gasteiger partial charge >= 0.3 is 7.12 Å². The Balaban J connectivity index is 1.76. The van der Waals surface area contributed by atoms with Crippen LogP contribution in [0.1, 0.15) is 51.8 Å². The fraction of sp³-hybridized carbons (Fsp3) is 0.611. The lowest BCUT2D eigenvalue weighted by Crippen LogP contribution is -2.36. The van der Waals surface area contributed by atoms with Gasteiger partial charge in [-0.2, -0.15) is 5.10 Å². The number of ether oxygens (including phenoxy) is 1. The Kier molecular flexibility index (Phi) is 3.94. The molecule has 0 aliphatic carbocycles. The van der Waals surface area contributed by atoms with Crippen molar-refractivity contribution in [2.75, 3.05) is 6.61 Å². The summed E-state index contributed by atoms with van der Waals surface area (Å²) < 4.78 is 20.2. The van der Waals surface area contributed by atoms with Crippen molar-refractivity contribution in [3.63, 3.8) is 0 Å². The van der Waals surface area contributed by atoms with Crippen molar-refractivity contribution in [2.45, 2.75) is 64.9 Å². The lowest BCUT2D eigenvalue weighted by molar-refractivity contribution is -0.0366. The highest BCUT2D eigenvalue weighted by Crippen LogP contribution is 2.30. The van der Waals surface area contributed by atoms with Gasteiger partial charge in [-0.05, 0) is 58.5 Å². The minimum atomic E-state index is -0.344. The van der Waals surface area contributed by atoms with Crippen LogP contribution in [-0.4, -0.2) is 35.2 Å². The molecule has 4 rings (SSSR count). The molecule has 5 nitrogen and oxygen atoms in total. The lowest BCUT2D eigenvalue weighted by atomic mass is 9.74. The van der Waals surface area contributed by atoms with Gasteiger partial charge in [-0.1, -0.05) is 11.6 Å². The SMILES string of the molecule is Cc1ccc2c(cnn2C2CCCCO2)c1B1OC(C)C(C)(C)O1. The van der Waals surface area contributed by atoms with Gasteiger partial charge < -0.3 is 14.0 Å². The van der Waals surface area contributed by atoms with E-state index < -0.39 is 0 Å². The van der Waals surface area contributed by atoms with Crippen molar-refractivity contribution in [2.24, 2.45) is 0 Å². The van der Waals surface area contributed by atoms with Crippen LogP contribution in [0.15, 0.2) is 18.3 Å². The molecule has 128 valence electrons. The maximum atomic E-state index is 6.20. The Bertz CT molecular complexity index is 752. The molecule has 2 fully saturated rings. The summed E-state index contributed by atoms with van der Waals surface area (Å²) in [4.78, 5) is 0. The van der Waals surface area contributed by atoms with Gasteiger partial charge in [-0.25, -0.2) is 4.68 Å². The summed E-state index contributed by atoms with van der Waals surface area (Å²) in [6.45, 7) is 9.13. The highest BCUT2D eigenvalue weighted by atomic mass is 16.7. The van der Waals surface area contributed by atoms with E-state index in [0.717, 1.165) is 35.8 Å². The van der Waals surface area contributed by atoms with Gasteiger partial charge in [0.1, 0.15) is 0 Å². The van der Waals surface area contributed by atoms with Crippen LogP contribution in [0.2, 0.25) is 0 Å². The van der Waals surface area contributed by atoms with E-state index in [1.165, 1.54) is 12.0 Å². The minimum Gasteiger partial charge on any atom is -0.402 e. The van der Waals surface area contributed by atoms with E-state index in [-0.39, 0.29) is 25.1 Å². The number of hydrogen-bond acceptors (Lipinski definition) is 4. The van der Waals surface area contributed by atoms with Gasteiger partial charge in [-0.15, -0.1) is 0 Å². The third-order valence-electron chi connectivity index (χ3n) is 5.42. The normalized spacial score (nSPS) is 27.1. The molecule has 1 aromatic heterocycles. The average molecular weight is 328 g/mol. The van der Waals surface area contributed by atoms with Crippen LogP contribution in [0.25, 0.3) is 10.9 Å². The Labute approximate surface area is 143 Å². The Morgan fingerprint density at radius 2 is 2.12 bits per heavy atom. The number of fused-ring (bicyclic) bond motifs is 1. The molecule has 2 unspecified atom stereocenters. The molecule has 0 radical (unpaired) electrons. The van der Waals surface area contributed by atoms with Crippen LogP contribution in [0.5, 0.6) is 0 Å². The summed E-state index contributed by atoms with van der Waals surface area (Å²) in [5.41, 5.74) is 3.06. The third kappa shape index (κ3) is 2.57. The Morgan fingerprint density at radius 1 is 1.29 bits per heavy atom. The second-order valence-electron chi connectivity index (χ2n) is 7.47. The average Bonchev–Trinajstić information content (AvgIpc) is 3.09. The van der Waals surface area contributed by atoms with E-state index in [4.69, 9.17) is 14.0 Å². The summed E-state index contributed by atoms with van der Waals surface area (Å²) in [6, 6.07) is 4.25. The van der Waals surface area contributed by atoms with Crippen molar-refractivity contribution in [1.82, 2.24) is 9.78 Å². The van der Waals surface area contributed by atoms with Gasteiger partial charge in [0.05, 0.1) is 23.4 Å². The van der Waals surface area contributed by atoms with Gasteiger partial charge in [0.2, 0.25) is 0 Å². The van der Waals surface area contributed by atoms with Crippen LogP contribution in [-0.2, 0) is 14.0 Å². The van der Waals surface area contributed by atoms with E-state index in [1.54, 1.807) is 0 Å². The lowest BCUT2D eigenvalue weighted by Gasteiger charge is -2.23. The van der Waals surface area contributed by atoms with Crippen molar-refractivity contribution in [3.8, 4) is 0 Å². The Hall–Kier alpha value is -1.37. The van der Waals surface area contributed by atoms with Crippen LogP contribution in [0.4, 0.5) is 0 Å². The molecule has 2 saturated heterocycles. The molecular weight excluding hydrogens is 303 g/mol. The summed E-state index contributed by atoms with van der Waals surface area (Å²) in [7, 11) is -0.344. The molecule has 0 bridgehead atoms. The number of rotatable bonds is 2. The van der Waals surface area contributed by atoms with E-state index >= 15 is 0 Å². The van der Waals surface area contributed by atoms with Crippen LogP contribution >= 0.6 is 0 Å². The predicted molar refractivity (Wildman–Crippen MR) is 94.4 cm³/mol. The topological polar surface area (TPSA) is 45.5 Å². The monoisotopic (exact) mass is 328 g/mol. The molecule has 0 saturated carbocycles. The zero-order chi connectivity index (χ0) is 16.9. The molecule has 2 atom stereocenters. The third-order valence-corrected chi connectivity index (χ3v) is 5.42. The van der Waals surface area contributed by atoms with E-state index in [2.05, 4.69) is 44.9 Å². The number of nitrogens with zero attached hydrogens (tertiary/aromatic N) is 2. The molecule has 0 N–H and O–H groups in total. The summed E-state index contributed by atoms with van der Waals surface area (Å²) in [5, 5.41) is 5.72. The van der Waals surface area contributed by atoms with Crippen molar-refractivity contribution in [3.05, 3.63) is 23.9 Å². The minimum absolute atomic E-state index is 0.0348. The maximum absolute atomic E-state index is 6.20. The molecule has 24 heavy (non-hydrogen) atoms. The first-order valence-electron chi connectivity index (χ1n) is 8.89. The van der Waals surface area contributed by atoms with Crippen LogP contribution < -0.4 is 5.46 Å². The molecule has 0 spiro atoms. The highest BCUT2D eigenvalue weighted by molar-refractivity contribution is 6.65. The summed E-state index contributed by atoms with van der Waals surface area (Å²) in [5.74, 6) is 0. The Morgan fingerprint density at radius 3 is 2.79 bits per heavy atom. The first-order valence-corrected chi connectivity index (χ1v) is 8.89. The second-order valence-corrected chi connectivity index (χ2v) is 7.47. The molecule has 2 aliphatic rings. The zero-order valence-electron chi connectivity index (χ0n) is 14.9. The number of benzene rings is 1. The van der Waals surface area contributed by atoms with Gasteiger partial charge in [0.15, 0.2) is 6.23 Å². The smallest absolute Gasteiger partial charge is 0.402 e. The fourth-order valence-electron chi connectivity index (χ4n) is 3.59. The van der Waals surface area contributed by atoms with E-state index in [1.807, 2.05) is 10.9 Å². The largest absolute Gasteiger partial charge is 0.495 e. The number of aryl methyl sites for hydroxylation is 1. The van der Waals surface area contributed by atoms with Gasteiger partial charge in [0.25, 0.3) is 0 Å². The maximum Gasteiger partial charge on any atom is 0.495 e. The molecular formula is C18H25BN2O3. The van der Waals surface area contributed by atoms with Gasteiger partial charge in [-0.3, -0.25) is 0 Å². The van der Waals surface area contributed by atoms with E-state index in [0.29, 0.717) is 0 Å². The molecule has 2 aliphatic heterocycles. The zero-order valence-corrected chi connectivity index (χ0v) is 14.9. The second kappa shape index (κ2) is 5.86. The molecule has 0 amide bonds. The van der Waals surface area contributed by atoms with Crippen LogP contribution in [0, 0.1) is 6.92 Å². The number of aromatic nitrogens is 2. The predicted octanol–water partition coefficient (Wildman–Crippen LogP) is 2.95. The van der Waals surface area contributed by atoms with Crippen LogP contribution in [0.3, 0.4) is 0 Å². The van der Waals surface area contributed by atoms with Crippen molar-refractivity contribution >= 4 is 23.5 Å². The molecule has 6 heteroatoms. The van der Waals surface area contributed by atoms with Crippen molar-refractivity contribution in [1.29, 1.82) is 0 Å². The summed E-state index contributed by atoms with van der Waals surface area (Å²) in [6.07, 6.45) is 5.35. The molecule has 3 heterocycles. The standard InChI is InChI=1S/C18H25BN2O3/c1-12-8-9-15-14(11-20-21(15)16-7-5-6-10-22-16)17(12)19-23-13(2)18(3,4)24-19/h8-9,11,13,16H,5-7,10H2,1-4H3. The van der Waals surface area contributed by atoms with Crippen molar-refractivity contribution < 1.29 is 14.0 Å². The fourth-order valence-corrected chi connectivity index (χ4v) is 3.59. The first kappa shape index (κ1) is 16.1. The first-order chi connectivity index (χ1) is 11.5. The van der Waals surface area contributed by atoms with E-state index in [9.17, 15) is 0 Å². The summed E-state index contributed by atoms with van der Waals surface area (Å²) >= 11 is 0. The quantitative estimate of drug-likeness (QED) is 0.795. The molecule has 2 aromatic rings. The highest BCUT2D eigenvalue weighted by Gasteiger charge is 2.45. The van der Waals surface area contributed by atoms with Gasteiger partial charge in [0, 0.05) is 12.0 Å². The molecule has 1 aromatic carbocycles. The number of hydrogen-bond donors (Lipinski definition) is 0.